The van der Waals surface area contributed by atoms with Crippen molar-refractivity contribution in [1.29, 1.82) is 5.26 Å². The van der Waals surface area contributed by atoms with Crippen LogP contribution in [0.3, 0.4) is 0 Å². The fourth-order valence-corrected chi connectivity index (χ4v) is 1.80. The first-order valence-electron chi connectivity index (χ1n) is 6.72. The first-order valence-corrected chi connectivity index (χ1v) is 6.72. The lowest BCUT2D eigenvalue weighted by Crippen LogP contribution is -2.34. The molecule has 0 bridgehead atoms. The number of nitriles is 1. The second kappa shape index (κ2) is 8.08. The third kappa shape index (κ3) is 5.13. The molecule has 1 atom stereocenters. The maximum atomic E-state index is 13.4. The molecular formula is C15H17F2N3O2. The average molecular weight is 309 g/mol. The number of nitrogens with one attached hydrogen (secondary N) is 1. The monoisotopic (exact) mass is 309 g/mol. The van der Waals surface area contributed by atoms with E-state index in [9.17, 15) is 18.4 Å². The Labute approximate surface area is 127 Å². The zero-order chi connectivity index (χ0) is 16.7. The predicted molar refractivity (Wildman–Crippen MR) is 75.7 cm³/mol. The Balaban J connectivity index is 2.45. The van der Waals surface area contributed by atoms with Crippen LogP contribution >= 0.6 is 0 Å². The summed E-state index contributed by atoms with van der Waals surface area (Å²) in [5, 5.41) is 11.1. The fourth-order valence-electron chi connectivity index (χ4n) is 1.80. The zero-order valence-electron chi connectivity index (χ0n) is 12.4. The van der Waals surface area contributed by atoms with Crippen molar-refractivity contribution in [2.24, 2.45) is 5.92 Å². The normalized spacial score (nSPS) is 11.4. The van der Waals surface area contributed by atoms with Crippen LogP contribution in [0.1, 0.15) is 23.7 Å². The molecule has 5 nitrogen and oxygen atoms in total. The number of benzene rings is 1. The highest BCUT2D eigenvalue weighted by molar-refractivity contribution is 5.94. The maximum Gasteiger partial charge on any atom is 0.254 e. The Hall–Kier alpha value is -2.49. The van der Waals surface area contributed by atoms with Crippen LogP contribution in [0.25, 0.3) is 0 Å². The molecular weight excluding hydrogens is 292 g/mol. The van der Waals surface area contributed by atoms with Gasteiger partial charge in [0.2, 0.25) is 5.91 Å². The van der Waals surface area contributed by atoms with Crippen LogP contribution in [-0.2, 0) is 4.79 Å². The Bertz CT molecular complexity index is 599. The smallest absolute Gasteiger partial charge is 0.254 e. The largest absolute Gasteiger partial charge is 0.351 e. The highest BCUT2D eigenvalue weighted by Gasteiger charge is 2.14. The molecule has 0 radical (unpaired) electrons. The van der Waals surface area contributed by atoms with E-state index in [1.54, 1.807) is 14.0 Å². The lowest BCUT2D eigenvalue weighted by atomic mass is 10.2. The first kappa shape index (κ1) is 17.6. The van der Waals surface area contributed by atoms with E-state index >= 15 is 0 Å². The molecule has 22 heavy (non-hydrogen) atoms. The molecule has 0 aliphatic rings. The van der Waals surface area contributed by atoms with Gasteiger partial charge in [-0.25, -0.2) is 8.78 Å². The van der Waals surface area contributed by atoms with Crippen molar-refractivity contribution in [2.75, 3.05) is 20.1 Å². The standard InChI is InChI=1S/C15H17F2N3O2/c1-10(8-18)9-20(2)14(21)5-6-19-15(22)12-4-3-11(16)7-13(12)17/h3-4,7,10H,5-6,9H2,1-2H3,(H,19,22). The van der Waals surface area contributed by atoms with Gasteiger partial charge in [0, 0.05) is 32.6 Å². The third-order valence-corrected chi connectivity index (χ3v) is 2.99. The highest BCUT2D eigenvalue weighted by Crippen LogP contribution is 2.09. The van der Waals surface area contributed by atoms with Gasteiger partial charge in [-0.2, -0.15) is 5.26 Å². The Morgan fingerprint density at radius 2 is 2.09 bits per heavy atom. The van der Waals surface area contributed by atoms with Crippen molar-refractivity contribution in [1.82, 2.24) is 10.2 Å². The summed E-state index contributed by atoms with van der Waals surface area (Å²) in [6.07, 6.45) is 0.0310. The van der Waals surface area contributed by atoms with E-state index in [1.165, 1.54) is 4.90 Å². The number of hydrogen-bond donors (Lipinski definition) is 1. The van der Waals surface area contributed by atoms with Gasteiger partial charge >= 0.3 is 0 Å². The summed E-state index contributed by atoms with van der Waals surface area (Å²) >= 11 is 0. The van der Waals surface area contributed by atoms with Crippen LogP contribution in [-0.4, -0.2) is 36.9 Å². The number of rotatable bonds is 6. The molecule has 0 spiro atoms. The summed E-state index contributed by atoms with van der Waals surface area (Å²) in [6, 6.07) is 4.67. The minimum Gasteiger partial charge on any atom is -0.351 e. The summed E-state index contributed by atoms with van der Waals surface area (Å²) in [5.41, 5.74) is -0.277. The van der Waals surface area contributed by atoms with Crippen LogP contribution < -0.4 is 5.32 Å². The molecule has 1 rings (SSSR count). The van der Waals surface area contributed by atoms with Crippen LogP contribution in [0.4, 0.5) is 8.78 Å². The van der Waals surface area contributed by atoms with Crippen molar-refractivity contribution in [2.45, 2.75) is 13.3 Å². The lowest BCUT2D eigenvalue weighted by molar-refractivity contribution is -0.130. The molecule has 0 fully saturated rings. The van der Waals surface area contributed by atoms with Gasteiger partial charge in [-0.3, -0.25) is 9.59 Å². The maximum absolute atomic E-state index is 13.4. The summed E-state index contributed by atoms with van der Waals surface area (Å²) in [5.74, 6) is -2.95. The van der Waals surface area contributed by atoms with Crippen LogP contribution in [0, 0.1) is 28.9 Å². The van der Waals surface area contributed by atoms with E-state index < -0.39 is 17.5 Å². The second-order valence-corrected chi connectivity index (χ2v) is 4.93. The first-order chi connectivity index (χ1) is 10.3. The van der Waals surface area contributed by atoms with Gasteiger partial charge in [0.15, 0.2) is 0 Å². The summed E-state index contributed by atoms with van der Waals surface area (Å²) in [6.45, 7) is 2.03. The molecule has 1 N–H and O–H groups in total. The number of halogens is 2. The molecule has 0 aliphatic carbocycles. The van der Waals surface area contributed by atoms with Crippen molar-refractivity contribution >= 4 is 11.8 Å². The van der Waals surface area contributed by atoms with Gasteiger partial charge < -0.3 is 10.2 Å². The summed E-state index contributed by atoms with van der Waals surface area (Å²) in [7, 11) is 1.57. The van der Waals surface area contributed by atoms with Crippen molar-refractivity contribution in [3.63, 3.8) is 0 Å². The molecule has 1 aromatic rings. The third-order valence-electron chi connectivity index (χ3n) is 2.99. The highest BCUT2D eigenvalue weighted by atomic mass is 19.1. The number of hydrogen-bond acceptors (Lipinski definition) is 3. The van der Waals surface area contributed by atoms with E-state index in [0.717, 1.165) is 12.1 Å². The Kier molecular flexibility index (Phi) is 6.45. The molecule has 0 aromatic heterocycles. The predicted octanol–water partition coefficient (Wildman–Crippen LogP) is 1.70. The summed E-state index contributed by atoms with van der Waals surface area (Å²) < 4.78 is 26.1. The minimum absolute atomic E-state index is 0.0275. The van der Waals surface area contributed by atoms with Crippen molar-refractivity contribution in [3.8, 4) is 6.07 Å². The molecule has 0 heterocycles. The van der Waals surface area contributed by atoms with Crippen molar-refractivity contribution < 1.29 is 18.4 Å². The van der Waals surface area contributed by atoms with Gasteiger partial charge in [-0.1, -0.05) is 0 Å². The molecule has 0 saturated carbocycles. The van der Waals surface area contributed by atoms with Gasteiger partial charge in [-0.15, -0.1) is 0 Å². The van der Waals surface area contributed by atoms with Crippen LogP contribution in [0.2, 0.25) is 0 Å². The van der Waals surface area contributed by atoms with E-state index in [1.807, 2.05) is 6.07 Å². The number of nitrogens with zero attached hydrogens (tertiary/aromatic N) is 2. The number of carbonyl (C=O) groups excluding carboxylic acids is 2. The molecule has 1 unspecified atom stereocenters. The average Bonchev–Trinajstić information content (AvgIpc) is 2.46. The lowest BCUT2D eigenvalue weighted by Gasteiger charge is -2.18. The van der Waals surface area contributed by atoms with E-state index in [-0.39, 0.29) is 30.4 Å². The topological polar surface area (TPSA) is 73.2 Å². The molecule has 0 aliphatic heterocycles. The number of amides is 2. The van der Waals surface area contributed by atoms with Crippen LogP contribution in [0.15, 0.2) is 18.2 Å². The SMILES string of the molecule is CC(C#N)CN(C)C(=O)CCNC(=O)c1ccc(F)cc1F. The molecule has 2 amide bonds. The van der Waals surface area contributed by atoms with Gasteiger partial charge in [0.1, 0.15) is 11.6 Å². The molecule has 118 valence electrons. The van der Waals surface area contributed by atoms with Crippen LogP contribution in [0.5, 0.6) is 0 Å². The fraction of sp³-hybridized carbons (Fsp3) is 0.400. The van der Waals surface area contributed by atoms with E-state index in [4.69, 9.17) is 5.26 Å². The van der Waals surface area contributed by atoms with Crippen molar-refractivity contribution in [3.05, 3.63) is 35.4 Å². The van der Waals surface area contributed by atoms with Gasteiger partial charge in [0.05, 0.1) is 17.6 Å². The number of carbonyl (C=O) groups is 2. The molecule has 7 heteroatoms. The zero-order valence-corrected chi connectivity index (χ0v) is 12.4. The quantitative estimate of drug-likeness (QED) is 0.869. The summed E-state index contributed by atoms with van der Waals surface area (Å²) in [4.78, 5) is 24.9. The van der Waals surface area contributed by atoms with Gasteiger partial charge in [0.25, 0.3) is 5.91 Å². The van der Waals surface area contributed by atoms with E-state index in [2.05, 4.69) is 5.32 Å². The molecule has 0 saturated heterocycles. The van der Waals surface area contributed by atoms with E-state index in [0.29, 0.717) is 12.6 Å². The Morgan fingerprint density at radius 1 is 1.41 bits per heavy atom. The second-order valence-electron chi connectivity index (χ2n) is 4.93. The van der Waals surface area contributed by atoms with Gasteiger partial charge in [-0.05, 0) is 19.1 Å². The minimum atomic E-state index is -0.955. The molecule has 1 aromatic carbocycles. The Morgan fingerprint density at radius 3 is 2.68 bits per heavy atom.